The number of aryl methyl sites for hydroxylation is 1. The van der Waals surface area contributed by atoms with Gasteiger partial charge in [0.25, 0.3) is 0 Å². The molecule has 1 aliphatic carbocycles. The van der Waals surface area contributed by atoms with Gasteiger partial charge in [-0.25, -0.2) is 9.18 Å². The summed E-state index contributed by atoms with van der Waals surface area (Å²) < 4.78 is 20.5. The van der Waals surface area contributed by atoms with E-state index in [4.69, 9.17) is 10.5 Å². The van der Waals surface area contributed by atoms with Crippen molar-refractivity contribution in [1.29, 1.82) is 0 Å². The van der Waals surface area contributed by atoms with E-state index in [2.05, 4.69) is 13.8 Å². The predicted molar refractivity (Wildman–Crippen MR) is 114 cm³/mol. The van der Waals surface area contributed by atoms with Gasteiger partial charge in [-0.3, -0.25) is 4.90 Å². The van der Waals surface area contributed by atoms with Gasteiger partial charge in [-0.15, -0.1) is 0 Å². The van der Waals surface area contributed by atoms with Crippen LogP contribution in [-0.4, -0.2) is 22.8 Å². The first kappa shape index (κ1) is 20.7. The summed E-state index contributed by atoms with van der Waals surface area (Å²) in [6, 6.07) is 9.24. The molecule has 2 atom stereocenters. The third-order valence-electron chi connectivity index (χ3n) is 6.75. The highest BCUT2D eigenvalue weighted by atomic mass is 19.1. The first-order chi connectivity index (χ1) is 14.4. The molecule has 0 radical (unpaired) electrons. The number of carbonyl (C=O) groups is 1. The predicted octanol–water partition coefficient (Wildman–Crippen LogP) is 4.64. The molecule has 0 unspecified atom stereocenters. The quantitative estimate of drug-likeness (QED) is 0.768. The smallest absolute Gasteiger partial charge is 0.319 e. The van der Waals surface area contributed by atoms with Crippen molar-refractivity contribution in [3.63, 3.8) is 0 Å². The van der Waals surface area contributed by atoms with Gasteiger partial charge in [0, 0.05) is 24.1 Å². The van der Waals surface area contributed by atoms with E-state index < -0.39 is 23.8 Å². The molecule has 30 heavy (non-hydrogen) atoms. The molecule has 160 valence electrons. The van der Waals surface area contributed by atoms with Crippen molar-refractivity contribution >= 4 is 11.7 Å². The highest BCUT2D eigenvalue weighted by Gasteiger charge is 2.43. The molecular weight excluding hydrogens is 383 g/mol. The van der Waals surface area contributed by atoms with E-state index in [1.54, 1.807) is 11.0 Å². The lowest BCUT2D eigenvalue weighted by Crippen LogP contribution is -2.48. The molecule has 0 bridgehead atoms. The number of aliphatic hydroxyl groups excluding tert-OH is 1. The minimum atomic E-state index is -0.591. The molecule has 5 nitrogen and oxygen atoms in total. The Labute approximate surface area is 176 Å². The molecule has 2 aromatic rings. The summed E-state index contributed by atoms with van der Waals surface area (Å²) in [4.78, 5) is 14.4. The Morgan fingerprint density at radius 1 is 1.30 bits per heavy atom. The molecule has 3 N–H and O–H groups in total. The van der Waals surface area contributed by atoms with E-state index in [1.165, 1.54) is 12.1 Å². The van der Waals surface area contributed by atoms with Crippen molar-refractivity contribution in [2.45, 2.75) is 70.1 Å². The Morgan fingerprint density at radius 3 is 2.77 bits per heavy atom. The Bertz CT molecular complexity index is 957. The highest BCUT2D eigenvalue weighted by Crippen LogP contribution is 2.47. The van der Waals surface area contributed by atoms with E-state index in [0.717, 1.165) is 30.4 Å². The zero-order valence-electron chi connectivity index (χ0n) is 17.5. The normalized spacial score (nSPS) is 21.9. The molecular formula is C24H29FN2O3. The number of ether oxygens (including phenoxy) is 1. The van der Waals surface area contributed by atoms with Crippen LogP contribution in [0.1, 0.15) is 62.3 Å². The topological polar surface area (TPSA) is 75.8 Å². The van der Waals surface area contributed by atoms with Crippen LogP contribution in [0.2, 0.25) is 0 Å². The van der Waals surface area contributed by atoms with E-state index in [9.17, 15) is 14.3 Å². The van der Waals surface area contributed by atoms with Crippen LogP contribution in [0.15, 0.2) is 36.4 Å². The number of nitrogens with two attached hydrogens (primary N) is 1. The standard InChI is InChI=1S/C24H29FN2O3/c1-3-24(4-2)14-21(19-12-16(25)9-11-22(19)30-24)27(23(26)29)20-7-5-6-15-8-10-17(28)13-18(15)20/h5-7,9,11-12,17,21,28H,3-4,8,10,13-14H2,1-2H3,(H2,26,29)/t17-,21+/m0/s1. The molecule has 2 amide bonds. The monoisotopic (exact) mass is 412 g/mol. The second-order valence-corrected chi connectivity index (χ2v) is 8.41. The summed E-state index contributed by atoms with van der Waals surface area (Å²) in [6.45, 7) is 4.12. The first-order valence-corrected chi connectivity index (χ1v) is 10.7. The first-order valence-electron chi connectivity index (χ1n) is 10.7. The summed E-state index contributed by atoms with van der Waals surface area (Å²) >= 11 is 0. The number of amides is 2. The lowest BCUT2D eigenvalue weighted by molar-refractivity contribution is 0.0277. The van der Waals surface area contributed by atoms with Gasteiger partial charge in [0.1, 0.15) is 17.2 Å². The summed E-state index contributed by atoms with van der Waals surface area (Å²) in [7, 11) is 0. The van der Waals surface area contributed by atoms with Gasteiger partial charge in [0.15, 0.2) is 0 Å². The molecule has 2 aromatic carbocycles. The van der Waals surface area contributed by atoms with Crippen LogP contribution in [-0.2, 0) is 12.8 Å². The van der Waals surface area contributed by atoms with Crippen molar-refractivity contribution in [1.82, 2.24) is 0 Å². The number of hydrogen-bond acceptors (Lipinski definition) is 3. The van der Waals surface area contributed by atoms with Crippen LogP contribution in [0.3, 0.4) is 0 Å². The Hall–Kier alpha value is -2.60. The fraction of sp³-hybridized carbons (Fsp3) is 0.458. The number of carbonyl (C=O) groups excluding carboxylic acids is 1. The van der Waals surface area contributed by atoms with E-state index in [-0.39, 0.29) is 5.82 Å². The van der Waals surface area contributed by atoms with Crippen molar-refractivity contribution < 1.29 is 19.0 Å². The van der Waals surface area contributed by atoms with Crippen molar-refractivity contribution in [3.8, 4) is 5.75 Å². The van der Waals surface area contributed by atoms with Gasteiger partial charge in [-0.2, -0.15) is 0 Å². The largest absolute Gasteiger partial charge is 0.487 e. The summed E-state index contributed by atoms with van der Waals surface area (Å²) in [5, 5.41) is 10.3. The maximum absolute atomic E-state index is 14.2. The number of aliphatic hydroxyl groups is 1. The number of hydrogen-bond donors (Lipinski definition) is 2. The average molecular weight is 413 g/mol. The van der Waals surface area contributed by atoms with Crippen LogP contribution in [0.5, 0.6) is 5.75 Å². The zero-order valence-corrected chi connectivity index (χ0v) is 17.5. The summed E-state index contributed by atoms with van der Waals surface area (Å²) in [5.74, 6) is 0.213. The molecule has 6 heteroatoms. The molecule has 0 aromatic heterocycles. The lowest BCUT2D eigenvalue weighted by Gasteiger charge is -2.45. The Balaban J connectivity index is 1.88. The maximum Gasteiger partial charge on any atom is 0.319 e. The second-order valence-electron chi connectivity index (χ2n) is 8.41. The molecule has 0 spiro atoms. The maximum atomic E-state index is 14.2. The number of nitrogens with zero attached hydrogens (tertiary/aromatic N) is 1. The minimum Gasteiger partial charge on any atom is -0.487 e. The third kappa shape index (κ3) is 3.54. The highest BCUT2D eigenvalue weighted by molar-refractivity contribution is 5.93. The molecule has 0 saturated carbocycles. The average Bonchev–Trinajstić information content (AvgIpc) is 2.74. The third-order valence-corrected chi connectivity index (χ3v) is 6.75. The summed E-state index contributed by atoms with van der Waals surface area (Å²) in [5.41, 5.74) is 8.85. The van der Waals surface area contributed by atoms with Gasteiger partial charge in [-0.1, -0.05) is 26.0 Å². The zero-order chi connectivity index (χ0) is 21.5. The SMILES string of the molecule is CCC1(CC)C[C@@H](N(C(N)=O)c2cccc3c2C[C@@H](O)CC3)c2cc(F)ccc2O1. The van der Waals surface area contributed by atoms with E-state index in [1.807, 2.05) is 18.2 Å². The fourth-order valence-corrected chi connectivity index (χ4v) is 4.94. The lowest BCUT2D eigenvalue weighted by atomic mass is 9.82. The number of halogens is 1. The Morgan fingerprint density at radius 2 is 2.07 bits per heavy atom. The van der Waals surface area contributed by atoms with Crippen LogP contribution in [0.25, 0.3) is 0 Å². The minimum absolute atomic E-state index is 0.377. The Kier molecular flexibility index (Phi) is 5.45. The van der Waals surface area contributed by atoms with Crippen LogP contribution in [0, 0.1) is 5.82 Å². The number of benzene rings is 2. The van der Waals surface area contributed by atoms with Gasteiger partial charge in [0.2, 0.25) is 0 Å². The molecule has 4 rings (SSSR count). The van der Waals surface area contributed by atoms with Crippen molar-refractivity contribution in [2.75, 3.05) is 4.90 Å². The van der Waals surface area contributed by atoms with E-state index >= 15 is 0 Å². The molecule has 0 fully saturated rings. The number of anilines is 1. The number of primary amides is 1. The number of rotatable bonds is 4. The van der Waals surface area contributed by atoms with Gasteiger partial charge < -0.3 is 15.6 Å². The van der Waals surface area contributed by atoms with Gasteiger partial charge >= 0.3 is 6.03 Å². The van der Waals surface area contributed by atoms with Crippen molar-refractivity contribution in [3.05, 3.63) is 58.9 Å². The molecule has 1 aliphatic heterocycles. The van der Waals surface area contributed by atoms with Gasteiger partial charge in [0.05, 0.1) is 12.1 Å². The number of fused-ring (bicyclic) bond motifs is 2. The molecule has 1 heterocycles. The van der Waals surface area contributed by atoms with Crippen LogP contribution in [0.4, 0.5) is 14.9 Å². The fourth-order valence-electron chi connectivity index (χ4n) is 4.94. The second kappa shape index (κ2) is 7.91. The van der Waals surface area contributed by atoms with Gasteiger partial charge in [-0.05, 0) is 61.1 Å². The van der Waals surface area contributed by atoms with Crippen LogP contribution < -0.4 is 15.4 Å². The number of urea groups is 1. The van der Waals surface area contributed by atoms with Crippen molar-refractivity contribution in [2.24, 2.45) is 5.73 Å². The molecule has 2 aliphatic rings. The molecule has 0 saturated heterocycles. The van der Waals surface area contributed by atoms with Crippen LogP contribution >= 0.6 is 0 Å². The van der Waals surface area contributed by atoms with E-state index in [0.29, 0.717) is 36.3 Å². The summed E-state index contributed by atoms with van der Waals surface area (Å²) in [6.07, 6.45) is 3.52.